The lowest BCUT2D eigenvalue weighted by atomic mass is 9.98. The first-order valence-electron chi connectivity index (χ1n) is 10.8. The Hall–Kier alpha value is -3.03. The molecule has 0 radical (unpaired) electrons. The van der Waals surface area contributed by atoms with Gasteiger partial charge in [-0.05, 0) is 34.5 Å². The van der Waals surface area contributed by atoms with E-state index < -0.39 is 6.04 Å². The van der Waals surface area contributed by atoms with Crippen LogP contribution in [0.2, 0.25) is 0 Å². The quantitative estimate of drug-likeness (QED) is 0.419. The second-order valence-corrected chi connectivity index (χ2v) is 8.43. The molecule has 7 heteroatoms. The van der Waals surface area contributed by atoms with E-state index in [4.69, 9.17) is 5.73 Å². The monoisotopic (exact) mass is 448 g/mol. The zero-order valence-electron chi connectivity index (χ0n) is 17.8. The fourth-order valence-corrected chi connectivity index (χ4v) is 4.18. The Labute approximate surface area is 193 Å². The van der Waals surface area contributed by atoms with Crippen molar-refractivity contribution in [1.29, 1.82) is 0 Å². The number of thiol groups is 1. The molecule has 0 aromatic heterocycles. The summed E-state index contributed by atoms with van der Waals surface area (Å²) >= 11 is 4.22. The maximum atomic E-state index is 13.6. The number of nitrogens with two attached hydrogens (primary N) is 1. The third kappa shape index (κ3) is 4.89. The zero-order chi connectivity index (χ0) is 22.5. The molecule has 0 spiro atoms. The van der Waals surface area contributed by atoms with Crippen LogP contribution in [0.25, 0.3) is 10.8 Å². The molecule has 1 fully saturated rings. The Balaban J connectivity index is 1.60. The van der Waals surface area contributed by atoms with E-state index in [1.54, 1.807) is 4.90 Å². The van der Waals surface area contributed by atoms with Crippen LogP contribution >= 0.6 is 12.6 Å². The molecule has 0 bridgehead atoms. The first kappa shape index (κ1) is 22.2. The highest BCUT2D eigenvalue weighted by atomic mass is 32.1. The molecule has 1 heterocycles. The molecule has 1 aliphatic heterocycles. The van der Waals surface area contributed by atoms with E-state index in [2.05, 4.69) is 23.3 Å². The van der Waals surface area contributed by atoms with E-state index in [1.165, 1.54) is 0 Å². The Kier molecular flexibility index (Phi) is 6.97. The van der Waals surface area contributed by atoms with Gasteiger partial charge in [0.25, 0.3) is 5.91 Å². The number of piperazine rings is 1. The van der Waals surface area contributed by atoms with Crippen molar-refractivity contribution in [3.63, 3.8) is 0 Å². The molecule has 2 atom stereocenters. The van der Waals surface area contributed by atoms with Gasteiger partial charge in [-0.25, -0.2) is 0 Å². The lowest BCUT2D eigenvalue weighted by Gasteiger charge is -2.35. The molecule has 0 aliphatic carbocycles. The van der Waals surface area contributed by atoms with E-state index in [9.17, 15) is 9.59 Å². The van der Waals surface area contributed by atoms with Crippen molar-refractivity contribution in [2.24, 2.45) is 5.73 Å². The highest BCUT2D eigenvalue weighted by Crippen LogP contribution is 2.25. The summed E-state index contributed by atoms with van der Waals surface area (Å²) in [4.78, 5) is 28.0. The van der Waals surface area contributed by atoms with Crippen LogP contribution in [0.4, 0.5) is 5.69 Å². The Bertz CT molecular complexity index is 1110. The van der Waals surface area contributed by atoms with Gasteiger partial charge in [0.2, 0.25) is 5.91 Å². The van der Waals surface area contributed by atoms with Crippen molar-refractivity contribution in [3.05, 3.63) is 77.9 Å². The van der Waals surface area contributed by atoms with Gasteiger partial charge in [-0.1, -0.05) is 48.5 Å². The number of nitrogens with one attached hydrogen (secondary N) is 2. The van der Waals surface area contributed by atoms with Crippen LogP contribution in [0, 0.1) is 0 Å². The molecule has 3 aromatic rings. The predicted molar refractivity (Wildman–Crippen MR) is 132 cm³/mol. The molecule has 4 rings (SSSR count). The maximum absolute atomic E-state index is 13.6. The normalized spacial score (nSPS) is 17.1. The highest BCUT2D eigenvalue weighted by molar-refractivity contribution is 7.80. The number of anilines is 1. The molecule has 2 amide bonds. The van der Waals surface area contributed by atoms with Crippen molar-refractivity contribution in [3.8, 4) is 0 Å². The van der Waals surface area contributed by atoms with E-state index in [0.717, 1.165) is 22.0 Å². The Morgan fingerprint density at radius 1 is 1.16 bits per heavy atom. The van der Waals surface area contributed by atoms with E-state index in [-0.39, 0.29) is 17.9 Å². The molecule has 3 aromatic carbocycles. The zero-order valence-corrected chi connectivity index (χ0v) is 18.7. The molecule has 166 valence electrons. The number of hydrogen-bond acceptors (Lipinski definition) is 5. The average Bonchev–Trinajstić information content (AvgIpc) is 2.83. The van der Waals surface area contributed by atoms with Gasteiger partial charge in [-0.15, -0.1) is 0 Å². The van der Waals surface area contributed by atoms with Crippen LogP contribution in [-0.2, 0) is 11.2 Å². The number of amides is 2. The van der Waals surface area contributed by atoms with Crippen molar-refractivity contribution in [2.75, 3.05) is 30.7 Å². The fourth-order valence-electron chi connectivity index (χ4n) is 4.05. The van der Waals surface area contributed by atoms with Crippen LogP contribution in [-0.4, -0.2) is 54.2 Å². The van der Waals surface area contributed by atoms with Gasteiger partial charge in [-0.3, -0.25) is 9.59 Å². The molecule has 32 heavy (non-hydrogen) atoms. The Morgan fingerprint density at radius 3 is 2.75 bits per heavy atom. The minimum atomic E-state index is -0.530. The molecule has 6 nitrogen and oxygen atoms in total. The number of benzene rings is 3. The summed E-state index contributed by atoms with van der Waals surface area (Å²) in [7, 11) is 0. The number of nitrogens with zero attached hydrogens (tertiary/aromatic N) is 1. The summed E-state index contributed by atoms with van der Waals surface area (Å²) in [5, 5.41) is 8.05. The molecule has 4 N–H and O–H groups in total. The molecular weight excluding hydrogens is 420 g/mol. The minimum absolute atomic E-state index is 0.0336. The number of hydrogen-bond donors (Lipinski definition) is 4. The molecular formula is C25H28N4O2S. The maximum Gasteiger partial charge on any atom is 0.255 e. The van der Waals surface area contributed by atoms with Crippen molar-refractivity contribution in [2.45, 2.75) is 18.5 Å². The van der Waals surface area contributed by atoms with Gasteiger partial charge in [0.05, 0.1) is 0 Å². The minimum Gasteiger partial charge on any atom is -0.383 e. The molecule has 0 saturated carbocycles. The second kappa shape index (κ2) is 10.1. The first-order chi connectivity index (χ1) is 15.6. The summed E-state index contributed by atoms with van der Waals surface area (Å²) in [6.07, 6.45) is 0.489. The number of rotatable bonds is 7. The van der Waals surface area contributed by atoms with E-state index in [0.29, 0.717) is 37.4 Å². The van der Waals surface area contributed by atoms with Crippen LogP contribution in [0.5, 0.6) is 0 Å². The van der Waals surface area contributed by atoms with Gasteiger partial charge in [0.15, 0.2) is 0 Å². The van der Waals surface area contributed by atoms with Crippen LogP contribution in [0.3, 0.4) is 0 Å². The molecule has 2 unspecified atom stereocenters. The van der Waals surface area contributed by atoms with E-state index >= 15 is 0 Å². The summed E-state index contributed by atoms with van der Waals surface area (Å²) in [5.74, 6) is 0.372. The van der Waals surface area contributed by atoms with Crippen LogP contribution < -0.4 is 16.4 Å². The van der Waals surface area contributed by atoms with Gasteiger partial charge < -0.3 is 21.3 Å². The lowest BCUT2D eigenvalue weighted by molar-refractivity contribution is -0.127. The van der Waals surface area contributed by atoms with Crippen molar-refractivity contribution in [1.82, 2.24) is 10.2 Å². The second-order valence-electron chi connectivity index (χ2n) is 8.06. The third-order valence-electron chi connectivity index (χ3n) is 5.78. The smallest absolute Gasteiger partial charge is 0.255 e. The Morgan fingerprint density at radius 2 is 1.97 bits per heavy atom. The van der Waals surface area contributed by atoms with Gasteiger partial charge in [-0.2, -0.15) is 12.6 Å². The first-order valence-corrected chi connectivity index (χ1v) is 11.5. The topological polar surface area (TPSA) is 87.5 Å². The van der Waals surface area contributed by atoms with Crippen molar-refractivity contribution >= 4 is 40.9 Å². The third-order valence-corrected chi connectivity index (χ3v) is 6.25. The predicted octanol–water partition coefficient (Wildman–Crippen LogP) is 2.69. The average molecular weight is 449 g/mol. The summed E-state index contributed by atoms with van der Waals surface area (Å²) in [6.45, 7) is 1.57. The SMILES string of the molecule is NC(CS)CNc1ccc2c(C(=O)N3CCNC(=O)C3Cc3ccccc3)cccc2c1. The van der Waals surface area contributed by atoms with E-state index in [1.807, 2.05) is 66.7 Å². The number of fused-ring (bicyclic) bond motifs is 1. The van der Waals surface area contributed by atoms with Crippen LogP contribution in [0.1, 0.15) is 15.9 Å². The fraction of sp³-hybridized carbons (Fsp3) is 0.280. The highest BCUT2D eigenvalue weighted by Gasteiger charge is 2.34. The lowest BCUT2D eigenvalue weighted by Crippen LogP contribution is -2.58. The van der Waals surface area contributed by atoms with Crippen molar-refractivity contribution < 1.29 is 9.59 Å². The van der Waals surface area contributed by atoms with Gasteiger partial charge in [0, 0.05) is 49.1 Å². The number of carbonyl (C=O) groups excluding carboxylic acids is 2. The number of carbonyl (C=O) groups is 2. The summed E-state index contributed by atoms with van der Waals surface area (Å²) in [6, 6.07) is 20.9. The van der Waals surface area contributed by atoms with Gasteiger partial charge in [0.1, 0.15) is 6.04 Å². The summed E-state index contributed by atoms with van der Waals surface area (Å²) in [5.41, 5.74) is 8.51. The van der Waals surface area contributed by atoms with Crippen LogP contribution in [0.15, 0.2) is 66.7 Å². The molecule has 1 aliphatic rings. The standard InChI is InChI=1S/C25H28N4O2S/c26-19(16-32)15-28-20-9-10-21-18(14-20)7-4-8-22(21)25(31)29-12-11-27-24(30)23(29)13-17-5-2-1-3-6-17/h1-10,14,19,23,28,32H,11-13,15-16,26H2,(H,27,30). The molecule has 1 saturated heterocycles. The summed E-state index contributed by atoms with van der Waals surface area (Å²) < 4.78 is 0. The van der Waals surface area contributed by atoms with Gasteiger partial charge >= 0.3 is 0 Å². The largest absolute Gasteiger partial charge is 0.383 e.